The van der Waals surface area contributed by atoms with Crippen LogP contribution in [0.1, 0.15) is 51.2 Å². The first-order valence-electron chi connectivity index (χ1n) is 10.1. The average molecular weight is 378 g/mol. The first-order chi connectivity index (χ1) is 13.2. The summed E-state index contributed by atoms with van der Waals surface area (Å²) in [7, 11) is 1.75. The molecule has 0 radical (unpaired) electrons. The highest BCUT2D eigenvalue weighted by atomic mass is 16.5. The van der Waals surface area contributed by atoms with E-state index in [1.54, 1.807) is 7.11 Å². The van der Waals surface area contributed by atoms with Crippen LogP contribution in [0.4, 0.5) is 0 Å². The molecule has 0 saturated heterocycles. The summed E-state index contributed by atoms with van der Waals surface area (Å²) in [5.41, 5.74) is 2.28. The molecule has 1 atom stereocenters. The van der Waals surface area contributed by atoms with Crippen LogP contribution < -0.4 is 20.1 Å². The van der Waals surface area contributed by atoms with Crippen LogP contribution >= 0.6 is 0 Å². The Hall–Kier alpha value is -1.95. The molecule has 0 fully saturated rings. The Morgan fingerprint density at radius 1 is 1.22 bits per heavy atom. The molecule has 152 valence electrons. The van der Waals surface area contributed by atoms with Gasteiger partial charge < -0.3 is 24.8 Å². The highest BCUT2D eigenvalue weighted by Gasteiger charge is 2.21. The van der Waals surface area contributed by atoms with E-state index in [4.69, 9.17) is 19.2 Å². The van der Waals surface area contributed by atoms with Crippen molar-refractivity contribution in [2.75, 3.05) is 33.4 Å². The lowest BCUT2D eigenvalue weighted by atomic mass is 10.1. The van der Waals surface area contributed by atoms with Gasteiger partial charge in [0.25, 0.3) is 0 Å². The number of aliphatic imine (C=N–C) groups is 1. The normalized spacial score (nSPS) is 16.0. The number of nitrogens with zero attached hydrogens (tertiary/aromatic N) is 1. The van der Waals surface area contributed by atoms with Crippen molar-refractivity contribution in [3.8, 4) is 11.5 Å². The molecular formula is C21H35N3O3. The Kier molecular flexibility index (Phi) is 9.25. The number of hydrogen-bond donors (Lipinski definition) is 2. The number of benzene rings is 1. The van der Waals surface area contributed by atoms with Gasteiger partial charge in [-0.1, -0.05) is 0 Å². The Bertz CT molecular complexity index is 605. The molecule has 1 aliphatic rings. The summed E-state index contributed by atoms with van der Waals surface area (Å²) in [5.74, 6) is 2.71. The molecular weight excluding hydrogens is 342 g/mol. The largest absolute Gasteiger partial charge is 0.494 e. The van der Waals surface area contributed by atoms with Gasteiger partial charge in [-0.3, -0.25) is 0 Å². The van der Waals surface area contributed by atoms with E-state index in [9.17, 15) is 0 Å². The van der Waals surface area contributed by atoms with Crippen molar-refractivity contribution >= 4 is 5.96 Å². The van der Waals surface area contributed by atoms with Crippen molar-refractivity contribution in [1.29, 1.82) is 0 Å². The van der Waals surface area contributed by atoms with Gasteiger partial charge in [-0.15, -0.1) is 0 Å². The number of nitrogens with one attached hydrogen (secondary N) is 2. The molecule has 1 heterocycles. The zero-order valence-corrected chi connectivity index (χ0v) is 17.3. The molecule has 6 nitrogen and oxygen atoms in total. The molecule has 1 unspecified atom stereocenters. The zero-order chi connectivity index (χ0) is 19.5. The van der Waals surface area contributed by atoms with Gasteiger partial charge in [-0.25, -0.2) is 4.99 Å². The van der Waals surface area contributed by atoms with Gasteiger partial charge in [0, 0.05) is 44.4 Å². The van der Waals surface area contributed by atoms with Crippen LogP contribution in [0.5, 0.6) is 11.5 Å². The molecule has 0 spiro atoms. The summed E-state index contributed by atoms with van der Waals surface area (Å²) in [6, 6.07) is 4.20. The van der Waals surface area contributed by atoms with E-state index in [1.807, 2.05) is 6.92 Å². The van der Waals surface area contributed by atoms with E-state index in [0.717, 1.165) is 68.4 Å². The molecule has 0 bridgehead atoms. The van der Waals surface area contributed by atoms with Gasteiger partial charge in [0.1, 0.15) is 17.6 Å². The first kappa shape index (κ1) is 21.4. The second-order valence-corrected chi connectivity index (χ2v) is 6.81. The van der Waals surface area contributed by atoms with Gasteiger partial charge in [-0.2, -0.15) is 0 Å². The summed E-state index contributed by atoms with van der Waals surface area (Å²) < 4.78 is 16.8. The monoisotopic (exact) mass is 377 g/mol. The van der Waals surface area contributed by atoms with Crippen LogP contribution in [0.25, 0.3) is 0 Å². The van der Waals surface area contributed by atoms with Crippen molar-refractivity contribution in [2.45, 2.75) is 59.1 Å². The standard InChI is InChI=1S/C21H35N3O3/c1-5-22-21(23-10-8-7-9-11-25-4)24-15-18-14-20-17(12-16(3)27-20)13-19(18)26-6-2/h13-14,16H,5-12,15H2,1-4H3,(H2,22,23,24). The summed E-state index contributed by atoms with van der Waals surface area (Å²) in [4.78, 5) is 4.74. The van der Waals surface area contributed by atoms with E-state index < -0.39 is 0 Å². The number of rotatable bonds is 11. The Morgan fingerprint density at radius 3 is 2.81 bits per heavy atom. The summed E-state index contributed by atoms with van der Waals surface area (Å²) in [5, 5.41) is 6.71. The predicted molar refractivity (Wildman–Crippen MR) is 110 cm³/mol. The number of fused-ring (bicyclic) bond motifs is 1. The van der Waals surface area contributed by atoms with Gasteiger partial charge >= 0.3 is 0 Å². The molecule has 1 aliphatic heterocycles. The van der Waals surface area contributed by atoms with Crippen LogP contribution in [0.15, 0.2) is 17.1 Å². The molecule has 0 amide bonds. The van der Waals surface area contributed by atoms with Gasteiger partial charge in [0.15, 0.2) is 5.96 Å². The van der Waals surface area contributed by atoms with Crippen LogP contribution in [0.2, 0.25) is 0 Å². The highest BCUT2D eigenvalue weighted by Crippen LogP contribution is 2.35. The number of ether oxygens (including phenoxy) is 3. The number of methoxy groups -OCH3 is 1. The minimum Gasteiger partial charge on any atom is -0.494 e. The lowest BCUT2D eigenvalue weighted by Gasteiger charge is -2.14. The molecule has 27 heavy (non-hydrogen) atoms. The number of unbranched alkanes of at least 4 members (excludes halogenated alkanes) is 2. The second kappa shape index (κ2) is 11.7. The fraction of sp³-hybridized carbons (Fsp3) is 0.667. The summed E-state index contributed by atoms with van der Waals surface area (Å²) in [6.07, 6.45) is 4.51. The van der Waals surface area contributed by atoms with Gasteiger partial charge in [0.2, 0.25) is 0 Å². The van der Waals surface area contributed by atoms with Crippen molar-refractivity contribution < 1.29 is 14.2 Å². The smallest absolute Gasteiger partial charge is 0.191 e. The lowest BCUT2D eigenvalue weighted by Crippen LogP contribution is -2.37. The third kappa shape index (κ3) is 6.94. The maximum Gasteiger partial charge on any atom is 0.191 e. The Morgan fingerprint density at radius 2 is 2.07 bits per heavy atom. The maximum absolute atomic E-state index is 5.90. The Labute approximate surface area is 163 Å². The van der Waals surface area contributed by atoms with Gasteiger partial charge in [0.05, 0.1) is 13.2 Å². The third-order valence-corrected chi connectivity index (χ3v) is 4.45. The fourth-order valence-electron chi connectivity index (χ4n) is 3.16. The molecule has 0 aromatic heterocycles. The molecule has 1 aromatic rings. The topological polar surface area (TPSA) is 64.1 Å². The molecule has 2 rings (SSSR count). The minimum atomic E-state index is 0.227. The predicted octanol–water partition coefficient (Wildman–Crippen LogP) is 3.28. The van der Waals surface area contributed by atoms with E-state index in [2.05, 4.69) is 36.6 Å². The lowest BCUT2D eigenvalue weighted by molar-refractivity contribution is 0.192. The van der Waals surface area contributed by atoms with Crippen LogP contribution in [0, 0.1) is 0 Å². The maximum atomic E-state index is 5.90. The second-order valence-electron chi connectivity index (χ2n) is 6.81. The fourth-order valence-corrected chi connectivity index (χ4v) is 3.16. The SMILES string of the molecule is CCNC(=NCc1cc2c(cc1OCC)CC(C)O2)NCCCCCOC. The van der Waals surface area contributed by atoms with Crippen LogP contribution in [-0.2, 0) is 17.7 Å². The molecule has 1 aromatic carbocycles. The van der Waals surface area contributed by atoms with Crippen LogP contribution in [-0.4, -0.2) is 45.5 Å². The quantitative estimate of drug-likeness (QED) is 0.352. The van der Waals surface area contributed by atoms with Gasteiger partial charge in [-0.05, 0) is 52.2 Å². The van der Waals surface area contributed by atoms with E-state index in [-0.39, 0.29) is 6.10 Å². The highest BCUT2D eigenvalue weighted by molar-refractivity contribution is 5.79. The van der Waals surface area contributed by atoms with E-state index in [0.29, 0.717) is 13.2 Å². The van der Waals surface area contributed by atoms with E-state index in [1.165, 1.54) is 5.56 Å². The van der Waals surface area contributed by atoms with E-state index >= 15 is 0 Å². The van der Waals surface area contributed by atoms with Crippen molar-refractivity contribution in [2.24, 2.45) is 4.99 Å². The number of hydrogen-bond acceptors (Lipinski definition) is 4. The number of guanidine groups is 1. The van der Waals surface area contributed by atoms with Crippen molar-refractivity contribution in [3.63, 3.8) is 0 Å². The summed E-state index contributed by atoms with van der Waals surface area (Å²) >= 11 is 0. The average Bonchev–Trinajstić information content (AvgIpc) is 3.01. The molecule has 0 saturated carbocycles. The van der Waals surface area contributed by atoms with Crippen molar-refractivity contribution in [3.05, 3.63) is 23.3 Å². The molecule has 6 heteroatoms. The molecule has 2 N–H and O–H groups in total. The Balaban J connectivity index is 1.98. The molecule has 0 aliphatic carbocycles. The van der Waals surface area contributed by atoms with Crippen LogP contribution in [0.3, 0.4) is 0 Å². The first-order valence-corrected chi connectivity index (χ1v) is 10.1. The summed E-state index contributed by atoms with van der Waals surface area (Å²) in [6.45, 7) is 9.94. The third-order valence-electron chi connectivity index (χ3n) is 4.45. The zero-order valence-electron chi connectivity index (χ0n) is 17.3. The minimum absolute atomic E-state index is 0.227. The van der Waals surface area contributed by atoms with Crippen molar-refractivity contribution in [1.82, 2.24) is 10.6 Å².